The average molecular weight is 422 g/mol. The van der Waals surface area contributed by atoms with Crippen molar-refractivity contribution in [3.63, 3.8) is 0 Å². The molecule has 0 radical (unpaired) electrons. The molecule has 0 spiro atoms. The first-order valence-electron chi connectivity index (χ1n) is 8.91. The maximum atomic E-state index is 13.2. The predicted molar refractivity (Wildman–Crippen MR) is 111 cm³/mol. The standard InChI is InChI=1S/C19H23N3O4S2/c1-12(2)26-10-9-21-16-7-8-22(17(16)18(23)20-19(21)27)28(24,25)15-6-5-13(3)14(4)11-15/h5-8,11-12H,9-10H2,1-4H3,(H,20,23,27). The minimum atomic E-state index is -3.93. The van der Waals surface area contributed by atoms with Crippen LogP contribution in [0.5, 0.6) is 0 Å². The van der Waals surface area contributed by atoms with Gasteiger partial charge in [-0.2, -0.15) is 0 Å². The van der Waals surface area contributed by atoms with Gasteiger partial charge in [-0.25, -0.2) is 12.4 Å². The van der Waals surface area contributed by atoms with Gasteiger partial charge in [-0.1, -0.05) is 6.07 Å². The molecule has 0 bridgehead atoms. The number of aromatic nitrogens is 3. The van der Waals surface area contributed by atoms with Crippen LogP contribution >= 0.6 is 12.2 Å². The molecule has 0 unspecified atom stereocenters. The molecule has 3 rings (SSSR count). The number of benzene rings is 1. The van der Waals surface area contributed by atoms with Crippen LogP contribution in [0, 0.1) is 18.6 Å². The maximum absolute atomic E-state index is 13.2. The van der Waals surface area contributed by atoms with Crippen LogP contribution in [0.2, 0.25) is 0 Å². The molecule has 0 amide bonds. The molecule has 0 atom stereocenters. The third-order valence-corrected chi connectivity index (χ3v) is 6.60. The van der Waals surface area contributed by atoms with Crippen LogP contribution in [0.1, 0.15) is 25.0 Å². The van der Waals surface area contributed by atoms with Crippen LogP contribution in [0.3, 0.4) is 0 Å². The molecule has 3 aromatic rings. The maximum Gasteiger partial charge on any atom is 0.277 e. The van der Waals surface area contributed by atoms with Gasteiger partial charge in [0.25, 0.3) is 15.6 Å². The number of aromatic amines is 1. The van der Waals surface area contributed by atoms with E-state index in [0.717, 1.165) is 15.1 Å². The number of aryl methyl sites for hydroxylation is 2. The first-order valence-corrected chi connectivity index (χ1v) is 10.8. The Hall–Kier alpha value is -2.23. The molecule has 1 N–H and O–H groups in total. The molecule has 7 nitrogen and oxygen atoms in total. The molecule has 0 saturated carbocycles. The molecule has 1 aromatic carbocycles. The molecular weight excluding hydrogens is 398 g/mol. The van der Waals surface area contributed by atoms with Crippen LogP contribution < -0.4 is 5.56 Å². The summed E-state index contributed by atoms with van der Waals surface area (Å²) < 4.78 is 34.8. The number of hydrogen-bond donors (Lipinski definition) is 1. The number of nitrogens with zero attached hydrogens (tertiary/aromatic N) is 2. The van der Waals surface area contributed by atoms with Gasteiger partial charge in [0.15, 0.2) is 4.77 Å². The van der Waals surface area contributed by atoms with Gasteiger partial charge in [-0.3, -0.25) is 9.78 Å². The minimum absolute atomic E-state index is 0.0383. The summed E-state index contributed by atoms with van der Waals surface area (Å²) in [5.41, 5.74) is 1.80. The SMILES string of the molecule is Cc1ccc(S(=O)(=O)n2ccc3c2c(=O)[nH]c(=S)n3CCOC(C)C)cc1C. The van der Waals surface area contributed by atoms with E-state index in [-0.39, 0.29) is 21.3 Å². The number of hydrogen-bond acceptors (Lipinski definition) is 5. The minimum Gasteiger partial charge on any atom is -0.377 e. The van der Waals surface area contributed by atoms with E-state index in [1.165, 1.54) is 6.20 Å². The number of fused-ring (bicyclic) bond motifs is 1. The van der Waals surface area contributed by atoms with Crippen LogP contribution in [-0.4, -0.2) is 34.7 Å². The highest BCUT2D eigenvalue weighted by Gasteiger charge is 2.22. The zero-order valence-corrected chi connectivity index (χ0v) is 17.9. The highest BCUT2D eigenvalue weighted by Crippen LogP contribution is 2.22. The molecule has 0 aliphatic heterocycles. The second-order valence-electron chi connectivity index (χ2n) is 6.93. The number of nitrogens with one attached hydrogen (secondary N) is 1. The van der Waals surface area contributed by atoms with E-state index in [1.54, 1.807) is 28.8 Å². The summed E-state index contributed by atoms with van der Waals surface area (Å²) in [7, 11) is -3.93. The fraction of sp³-hybridized carbons (Fsp3) is 0.368. The number of H-pyrrole nitrogens is 1. The van der Waals surface area contributed by atoms with Crippen molar-refractivity contribution in [2.24, 2.45) is 0 Å². The van der Waals surface area contributed by atoms with Crippen molar-refractivity contribution >= 4 is 33.3 Å². The normalized spacial score (nSPS) is 12.2. The van der Waals surface area contributed by atoms with Crippen molar-refractivity contribution in [3.05, 3.63) is 56.7 Å². The lowest BCUT2D eigenvalue weighted by Crippen LogP contribution is -2.21. The zero-order valence-electron chi connectivity index (χ0n) is 16.2. The van der Waals surface area contributed by atoms with E-state index in [0.29, 0.717) is 18.7 Å². The summed E-state index contributed by atoms with van der Waals surface area (Å²) in [6, 6.07) is 6.50. The molecule has 0 saturated heterocycles. The van der Waals surface area contributed by atoms with Gasteiger partial charge in [-0.05, 0) is 69.2 Å². The molecule has 0 aliphatic rings. The Balaban J connectivity index is 2.16. The second kappa shape index (κ2) is 7.65. The first-order chi connectivity index (χ1) is 13.1. The topological polar surface area (TPSA) is 86.1 Å². The van der Waals surface area contributed by atoms with Crippen LogP contribution in [0.4, 0.5) is 0 Å². The summed E-state index contributed by atoms with van der Waals surface area (Å²) in [5, 5.41) is 0. The Morgan fingerprint density at radius 3 is 2.54 bits per heavy atom. The smallest absolute Gasteiger partial charge is 0.277 e. The molecular formula is C19H23N3O4S2. The predicted octanol–water partition coefficient (Wildman–Crippen LogP) is 3.14. The fourth-order valence-corrected chi connectivity index (χ4v) is 4.68. The molecule has 2 heterocycles. The van der Waals surface area contributed by atoms with Gasteiger partial charge in [0.05, 0.1) is 23.1 Å². The van der Waals surface area contributed by atoms with Gasteiger partial charge >= 0.3 is 0 Å². The quantitative estimate of drug-likeness (QED) is 0.618. The molecule has 9 heteroatoms. The molecule has 0 fully saturated rings. The van der Waals surface area contributed by atoms with Gasteiger partial charge in [0.1, 0.15) is 5.52 Å². The number of ether oxygens (including phenoxy) is 1. The molecule has 150 valence electrons. The summed E-state index contributed by atoms with van der Waals surface area (Å²) in [6.07, 6.45) is 1.45. The van der Waals surface area contributed by atoms with E-state index in [2.05, 4.69) is 4.98 Å². The van der Waals surface area contributed by atoms with Crippen LogP contribution in [0.25, 0.3) is 11.0 Å². The van der Waals surface area contributed by atoms with Crippen LogP contribution in [0.15, 0.2) is 40.2 Å². The Labute approximate surface area is 168 Å². The lowest BCUT2D eigenvalue weighted by Gasteiger charge is -2.12. The summed E-state index contributed by atoms with van der Waals surface area (Å²) >= 11 is 5.27. The van der Waals surface area contributed by atoms with Crippen LogP contribution in [-0.2, 0) is 21.3 Å². The highest BCUT2D eigenvalue weighted by molar-refractivity contribution is 7.90. The Morgan fingerprint density at radius 2 is 1.89 bits per heavy atom. The van der Waals surface area contributed by atoms with Crippen molar-refractivity contribution in [1.29, 1.82) is 0 Å². The Morgan fingerprint density at radius 1 is 1.18 bits per heavy atom. The van der Waals surface area contributed by atoms with Gasteiger partial charge < -0.3 is 9.30 Å². The van der Waals surface area contributed by atoms with Crippen molar-refractivity contribution in [2.45, 2.75) is 45.2 Å². The van der Waals surface area contributed by atoms with Crippen molar-refractivity contribution in [2.75, 3.05) is 6.61 Å². The van der Waals surface area contributed by atoms with E-state index >= 15 is 0 Å². The second-order valence-corrected chi connectivity index (χ2v) is 9.13. The largest absolute Gasteiger partial charge is 0.377 e. The summed E-state index contributed by atoms with van der Waals surface area (Å²) in [5.74, 6) is 0. The third-order valence-electron chi connectivity index (χ3n) is 4.60. The molecule has 2 aromatic heterocycles. The van der Waals surface area contributed by atoms with Gasteiger partial charge in [0, 0.05) is 12.7 Å². The van der Waals surface area contributed by atoms with E-state index in [4.69, 9.17) is 17.0 Å². The Bertz CT molecular complexity index is 1250. The zero-order chi connectivity index (χ0) is 20.6. The first kappa shape index (κ1) is 20.5. The van der Waals surface area contributed by atoms with E-state index in [1.807, 2.05) is 27.7 Å². The van der Waals surface area contributed by atoms with E-state index in [9.17, 15) is 13.2 Å². The highest BCUT2D eigenvalue weighted by atomic mass is 32.2. The van der Waals surface area contributed by atoms with Crippen molar-refractivity contribution in [1.82, 2.24) is 13.5 Å². The summed E-state index contributed by atoms with van der Waals surface area (Å²) in [4.78, 5) is 15.3. The molecule has 28 heavy (non-hydrogen) atoms. The van der Waals surface area contributed by atoms with E-state index < -0.39 is 15.6 Å². The third kappa shape index (κ3) is 3.69. The Kier molecular flexibility index (Phi) is 5.60. The lowest BCUT2D eigenvalue weighted by molar-refractivity contribution is 0.0729. The summed E-state index contributed by atoms with van der Waals surface area (Å²) in [6.45, 7) is 8.40. The lowest BCUT2D eigenvalue weighted by atomic mass is 10.1. The monoisotopic (exact) mass is 421 g/mol. The van der Waals surface area contributed by atoms with Crippen molar-refractivity contribution in [3.8, 4) is 0 Å². The average Bonchev–Trinajstić information content (AvgIpc) is 3.06. The van der Waals surface area contributed by atoms with Crippen molar-refractivity contribution < 1.29 is 13.2 Å². The molecule has 0 aliphatic carbocycles. The number of rotatable bonds is 6. The fourth-order valence-electron chi connectivity index (χ4n) is 2.96. The van der Waals surface area contributed by atoms with Gasteiger partial charge in [-0.15, -0.1) is 0 Å². The van der Waals surface area contributed by atoms with Gasteiger partial charge in [0.2, 0.25) is 0 Å².